The summed E-state index contributed by atoms with van der Waals surface area (Å²) in [6.45, 7) is 6.28. The van der Waals surface area contributed by atoms with Crippen molar-refractivity contribution >= 4 is 0 Å². The van der Waals surface area contributed by atoms with Crippen molar-refractivity contribution in [2.45, 2.75) is 32.6 Å². The Morgan fingerprint density at radius 3 is 2.54 bits per heavy atom. The summed E-state index contributed by atoms with van der Waals surface area (Å²) in [5.74, 6) is 0. The van der Waals surface area contributed by atoms with Crippen LogP contribution in [0.4, 0.5) is 0 Å². The van der Waals surface area contributed by atoms with Crippen LogP contribution in [0.1, 0.15) is 32.6 Å². The maximum Gasteiger partial charge on any atom is 0.121 e. The lowest BCUT2D eigenvalue weighted by atomic mass is 10.2. The molecule has 1 rings (SSSR count). The highest BCUT2D eigenvalue weighted by Crippen LogP contribution is 2.08. The molecule has 0 radical (unpaired) electrons. The SMILES string of the molecule is CCCN(C)CON1CCCCC1. The average Bonchev–Trinajstić information content (AvgIpc) is 2.17. The summed E-state index contributed by atoms with van der Waals surface area (Å²) in [4.78, 5) is 7.87. The minimum Gasteiger partial charge on any atom is -0.283 e. The highest BCUT2D eigenvalue weighted by atomic mass is 16.7. The van der Waals surface area contributed by atoms with Gasteiger partial charge in [-0.2, -0.15) is 5.06 Å². The van der Waals surface area contributed by atoms with Gasteiger partial charge in [0.05, 0.1) is 0 Å². The van der Waals surface area contributed by atoms with Gasteiger partial charge in [0.2, 0.25) is 0 Å². The molecule has 1 aliphatic heterocycles. The Bertz CT molecular complexity index is 124. The van der Waals surface area contributed by atoms with E-state index in [9.17, 15) is 0 Å². The van der Waals surface area contributed by atoms with Gasteiger partial charge in [-0.3, -0.25) is 9.74 Å². The van der Waals surface area contributed by atoms with E-state index in [1.807, 2.05) is 0 Å². The van der Waals surface area contributed by atoms with Crippen LogP contribution in [0.25, 0.3) is 0 Å². The van der Waals surface area contributed by atoms with Gasteiger partial charge in [-0.15, -0.1) is 0 Å². The average molecular weight is 186 g/mol. The zero-order valence-electron chi connectivity index (χ0n) is 8.96. The van der Waals surface area contributed by atoms with E-state index < -0.39 is 0 Å². The largest absolute Gasteiger partial charge is 0.283 e. The van der Waals surface area contributed by atoms with Crippen LogP contribution in [0.15, 0.2) is 0 Å². The zero-order valence-corrected chi connectivity index (χ0v) is 8.96. The van der Waals surface area contributed by atoms with Gasteiger partial charge in [0.15, 0.2) is 0 Å². The van der Waals surface area contributed by atoms with Crippen molar-refractivity contribution in [3.05, 3.63) is 0 Å². The van der Waals surface area contributed by atoms with Gasteiger partial charge in [-0.25, -0.2) is 0 Å². The third kappa shape index (κ3) is 4.60. The summed E-state index contributed by atoms with van der Waals surface area (Å²) in [6, 6.07) is 0. The highest BCUT2D eigenvalue weighted by Gasteiger charge is 2.10. The minimum absolute atomic E-state index is 0.744. The first kappa shape index (κ1) is 11.0. The Morgan fingerprint density at radius 1 is 1.23 bits per heavy atom. The van der Waals surface area contributed by atoms with Crippen molar-refractivity contribution in [2.24, 2.45) is 0 Å². The molecular formula is C10H22N2O. The quantitative estimate of drug-likeness (QED) is 0.608. The van der Waals surface area contributed by atoms with Crippen LogP contribution >= 0.6 is 0 Å². The molecule has 1 fully saturated rings. The number of nitrogens with zero attached hydrogens (tertiary/aromatic N) is 2. The molecule has 0 amide bonds. The van der Waals surface area contributed by atoms with Crippen molar-refractivity contribution in [1.82, 2.24) is 9.96 Å². The normalized spacial score (nSPS) is 19.6. The van der Waals surface area contributed by atoms with Crippen LogP contribution in [0.3, 0.4) is 0 Å². The Labute approximate surface area is 81.6 Å². The Hall–Kier alpha value is -0.120. The van der Waals surface area contributed by atoms with Crippen molar-refractivity contribution < 1.29 is 4.84 Å². The van der Waals surface area contributed by atoms with E-state index >= 15 is 0 Å². The topological polar surface area (TPSA) is 15.7 Å². The summed E-state index contributed by atoms with van der Waals surface area (Å²) < 4.78 is 0. The van der Waals surface area contributed by atoms with E-state index in [0.717, 1.165) is 26.4 Å². The fourth-order valence-electron chi connectivity index (χ4n) is 1.62. The van der Waals surface area contributed by atoms with Gasteiger partial charge < -0.3 is 0 Å². The maximum absolute atomic E-state index is 5.66. The van der Waals surface area contributed by atoms with E-state index in [1.165, 1.54) is 25.7 Å². The molecule has 0 atom stereocenters. The standard InChI is InChI=1S/C10H22N2O/c1-3-7-11(2)10-13-12-8-5-4-6-9-12/h3-10H2,1-2H3. The molecule has 0 aromatic carbocycles. The molecule has 1 heterocycles. The molecule has 0 bridgehead atoms. The van der Waals surface area contributed by atoms with Crippen molar-refractivity contribution in [2.75, 3.05) is 33.4 Å². The second kappa shape index (κ2) is 6.35. The molecule has 1 aliphatic rings. The fourth-order valence-corrected chi connectivity index (χ4v) is 1.62. The number of rotatable bonds is 5. The van der Waals surface area contributed by atoms with E-state index in [1.54, 1.807) is 0 Å². The molecule has 3 nitrogen and oxygen atoms in total. The maximum atomic E-state index is 5.66. The lowest BCUT2D eigenvalue weighted by molar-refractivity contribution is -0.196. The van der Waals surface area contributed by atoms with Gasteiger partial charge in [-0.1, -0.05) is 13.3 Å². The molecule has 13 heavy (non-hydrogen) atoms. The molecule has 0 unspecified atom stereocenters. The summed E-state index contributed by atoms with van der Waals surface area (Å²) in [5.41, 5.74) is 0. The van der Waals surface area contributed by atoms with Crippen LogP contribution < -0.4 is 0 Å². The molecule has 0 N–H and O–H groups in total. The van der Waals surface area contributed by atoms with Crippen molar-refractivity contribution in [3.63, 3.8) is 0 Å². The van der Waals surface area contributed by atoms with E-state index in [-0.39, 0.29) is 0 Å². The molecule has 0 aromatic rings. The first-order chi connectivity index (χ1) is 6.33. The lowest BCUT2D eigenvalue weighted by Crippen LogP contribution is -2.34. The van der Waals surface area contributed by atoms with Crippen LogP contribution in [-0.4, -0.2) is 43.4 Å². The lowest BCUT2D eigenvalue weighted by Gasteiger charge is -2.27. The monoisotopic (exact) mass is 186 g/mol. The summed E-state index contributed by atoms with van der Waals surface area (Å²) >= 11 is 0. The predicted molar refractivity (Wildman–Crippen MR) is 54.3 cm³/mol. The van der Waals surface area contributed by atoms with Crippen LogP contribution in [0.2, 0.25) is 0 Å². The number of piperidine rings is 1. The number of hydrogen-bond donors (Lipinski definition) is 0. The van der Waals surface area contributed by atoms with Crippen molar-refractivity contribution in [1.29, 1.82) is 0 Å². The minimum atomic E-state index is 0.744. The third-order valence-electron chi connectivity index (χ3n) is 2.38. The van der Waals surface area contributed by atoms with Gasteiger partial charge in [0.25, 0.3) is 0 Å². The van der Waals surface area contributed by atoms with Crippen molar-refractivity contribution in [3.8, 4) is 0 Å². The Morgan fingerprint density at radius 2 is 1.92 bits per heavy atom. The van der Waals surface area contributed by atoms with Crippen LogP contribution in [0, 0.1) is 0 Å². The highest BCUT2D eigenvalue weighted by molar-refractivity contribution is 4.56. The molecule has 78 valence electrons. The Balaban J connectivity index is 2.03. The summed E-state index contributed by atoms with van der Waals surface area (Å²) in [6.07, 6.45) is 5.14. The second-order valence-electron chi connectivity index (χ2n) is 3.83. The van der Waals surface area contributed by atoms with E-state index in [0.29, 0.717) is 0 Å². The molecule has 3 heteroatoms. The van der Waals surface area contributed by atoms with E-state index in [2.05, 4.69) is 23.9 Å². The van der Waals surface area contributed by atoms with Gasteiger partial charge >= 0.3 is 0 Å². The Kier molecular flexibility index (Phi) is 5.35. The molecular weight excluding hydrogens is 164 g/mol. The van der Waals surface area contributed by atoms with Gasteiger partial charge in [-0.05, 0) is 32.9 Å². The molecule has 0 aliphatic carbocycles. The molecule has 1 saturated heterocycles. The number of hydrogen-bond acceptors (Lipinski definition) is 3. The molecule has 0 spiro atoms. The van der Waals surface area contributed by atoms with Gasteiger partial charge in [0.1, 0.15) is 6.73 Å². The first-order valence-corrected chi connectivity index (χ1v) is 5.39. The predicted octanol–water partition coefficient (Wildman–Crippen LogP) is 1.70. The van der Waals surface area contributed by atoms with E-state index in [4.69, 9.17) is 4.84 Å². The fraction of sp³-hybridized carbons (Fsp3) is 1.00. The third-order valence-corrected chi connectivity index (χ3v) is 2.38. The first-order valence-electron chi connectivity index (χ1n) is 5.39. The van der Waals surface area contributed by atoms with Gasteiger partial charge in [0, 0.05) is 13.1 Å². The smallest absolute Gasteiger partial charge is 0.121 e. The van der Waals surface area contributed by atoms with Crippen LogP contribution in [-0.2, 0) is 4.84 Å². The molecule has 0 saturated carbocycles. The second-order valence-corrected chi connectivity index (χ2v) is 3.83. The van der Waals surface area contributed by atoms with Crippen LogP contribution in [0.5, 0.6) is 0 Å². The number of hydroxylamine groups is 2. The molecule has 0 aromatic heterocycles. The zero-order chi connectivity index (χ0) is 9.52. The summed E-state index contributed by atoms with van der Waals surface area (Å²) in [7, 11) is 2.10. The summed E-state index contributed by atoms with van der Waals surface area (Å²) in [5, 5.41) is 2.11.